The Morgan fingerprint density at radius 2 is 2.16 bits per heavy atom. The Bertz CT molecular complexity index is 1030. The average molecular weight is 443 g/mol. The third kappa shape index (κ3) is 4.70. The number of aliphatic hydroxyl groups is 1. The number of amides is 1. The maximum Gasteiger partial charge on any atom is 0.290 e. The summed E-state index contributed by atoms with van der Waals surface area (Å²) >= 11 is 1.26. The molecule has 2 aromatic rings. The molecule has 8 heteroatoms. The van der Waals surface area contributed by atoms with Crippen molar-refractivity contribution in [1.29, 1.82) is 0 Å². The van der Waals surface area contributed by atoms with Crippen molar-refractivity contribution in [1.82, 2.24) is 9.88 Å². The molecule has 164 valence electrons. The molecule has 0 spiro atoms. The molecular formula is C23H26N2O5S. The van der Waals surface area contributed by atoms with Crippen LogP contribution in [-0.4, -0.2) is 53.5 Å². The van der Waals surface area contributed by atoms with E-state index in [0.717, 1.165) is 5.01 Å². The minimum Gasteiger partial charge on any atom is -0.503 e. The standard InChI is InChI=1S/C23H26N2O5S/c1-5-11-30-17-9-6-8-16(13-17)19-18(20(26)22-14(2)24-15(3)31-22)21(27)23(28)25(19)10-7-12-29-4/h5-6,8-9,13,19,27H,1,7,10-12H2,2-4H3. The van der Waals surface area contributed by atoms with Gasteiger partial charge < -0.3 is 19.5 Å². The van der Waals surface area contributed by atoms with Crippen molar-refractivity contribution in [2.45, 2.75) is 26.3 Å². The molecule has 1 unspecified atom stereocenters. The van der Waals surface area contributed by atoms with E-state index in [1.54, 1.807) is 38.3 Å². The summed E-state index contributed by atoms with van der Waals surface area (Å²) in [6.45, 7) is 8.33. The first-order valence-corrected chi connectivity index (χ1v) is 10.8. The number of carbonyl (C=O) groups is 2. The molecule has 1 amide bonds. The molecule has 0 fully saturated rings. The van der Waals surface area contributed by atoms with Crippen LogP contribution in [0.1, 0.15) is 38.4 Å². The minimum atomic E-state index is -0.731. The molecule has 2 heterocycles. The fraction of sp³-hybridized carbons (Fsp3) is 0.348. The topological polar surface area (TPSA) is 89.0 Å². The summed E-state index contributed by atoms with van der Waals surface area (Å²) in [4.78, 5) is 32.7. The highest BCUT2D eigenvalue weighted by atomic mass is 32.1. The number of ether oxygens (including phenoxy) is 2. The van der Waals surface area contributed by atoms with Crippen LogP contribution in [0.15, 0.2) is 48.3 Å². The number of carbonyl (C=O) groups excluding carboxylic acids is 2. The molecule has 0 aliphatic carbocycles. The molecule has 0 saturated heterocycles. The molecule has 0 saturated carbocycles. The highest BCUT2D eigenvalue weighted by Crippen LogP contribution is 2.41. The van der Waals surface area contributed by atoms with Crippen LogP contribution in [-0.2, 0) is 9.53 Å². The molecule has 1 aromatic carbocycles. The molecule has 3 rings (SSSR count). The van der Waals surface area contributed by atoms with E-state index in [1.165, 1.54) is 16.2 Å². The van der Waals surface area contributed by atoms with Gasteiger partial charge in [0.15, 0.2) is 5.76 Å². The summed E-state index contributed by atoms with van der Waals surface area (Å²) in [6.07, 6.45) is 2.21. The largest absolute Gasteiger partial charge is 0.503 e. The number of methoxy groups -OCH3 is 1. The van der Waals surface area contributed by atoms with Gasteiger partial charge in [0.25, 0.3) is 5.91 Å². The quantitative estimate of drug-likeness (QED) is 0.341. The molecule has 0 radical (unpaired) electrons. The summed E-state index contributed by atoms with van der Waals surface area (Å²) in [5.74, 6) is -0.883. The van der Waals surface area contributed by atoms with Gasteiger partial charge >= 0.3 is 0 Å². The molecule has 1 N–H and O–H groups in total. The second kappa shape index (κ2) is 9.89. The predicted molar refractivity (Wildman–Crippen MR) is 119 cm³/mol. The number of ketones is 1. The van der Waals surface area contributed by atoms with Crippen molar-refractivity contribution < 1.29 is 24.2 Å². The predicted octanol–water partition coefficient (Wildman–Crippen LogP) is 3.94. The molecule has 1 aliphatic rings. The second-order valence-electron chi connectivity index (χ2n) is 7.16. The van der Waals surface area contributed by atoms with Gasteiger partial charge in [-0.3, -0.25) is 9.59 Å². The number of thiazole rings is 1. The number of benzene rings is 1. The van der Waals surface area contributed by atoms with Crippen LogP contribution in [0, 0.1) is 13.8 Å². The van der Waals surface area contributed by atoms with Crippen LogP contribution in [0.5, 0.6) is 5.75 Å². The monoisotopic (exact) mass is 442 g/mol. The zero-order valence-corrected chi connectivity index (χ0v) is 18.7. The lowest BCUT2D eigenvalue weighted by atomic mass is 9.95. The Balaban J connectivity index is 2.06. The van der Waals surface area contributed by atoms with E-state index in [2.05, 4.69) is 11.6 Å². The van der Waals surface area contributed by atoms with Gasteiger partial charge in [0.1, 0.15) is 12.4 Å². The zero-order chi connectivity index (χ0) is 22.5. The Morgan fingerprint density at radius 1 is 1.39 bits per heavy atom. The van der Waals surface area contributed by atoms with Crippen LogP contribution in [0.4, 0.5) is 0 Å². The van der Waals surface area contributed by atoms with E-state index in [1.807, 2.05) is 13.0 Å². The van der Waals surface area contributed by atoms with Gasteiger partial charge in [-0.2, -0.15) is 0 Å². The lowest BCUT2D eigenvalue weighted by molar-refractivity contribution is -0.129. The number of aryl methyl sites for hydroxylation is 2. The van der Waals surface area contributed by atoms with Crippen molar-refractivity contribution in [2.75, 3.05) is 26.9 Å². The third-order valence-corrected chi connectivity index (χ3v) is 6.02. The van der Waals surface area contributed by atoms with Crippen LogP contribution in [0.3, 0.4) is 0 Å². The maximum absolute atomic E-state index is 13.5. The fourth-order valence-electron chi connectivity index (χ4n) is 3.64. The Morgan fingerprint density at radius 3 is 2.81 bits per heavy atom. The molecular weight excluding hydrogens is 416 g/mol. The lowest BCUT2D eigenvalue weighted by Crippen LogP contribution is -2.32. The smallest absolute Gasteiger partial charge is 0.290 e. The van der Waals surface area contributed by atoms with Crippen molar-refractivity contribution in [3.05, 3.63) is 69.4 Å². The number of rotatable bonds is 10. The maximum atomic E-state index is 13.5. The van der Waals surface area contributed by atoms with E-state index in [4.69, 9.17) is 9.47 Å². The third-order valence-electron chi connectivity index (χ3n) is 4.95. The number of hydrogen-bond donors (Lipinski definition) is 1. The number of nitrogens with zero attached hydrogens (tertiary/aromatic N) is 2. The summed E-state index contributed by atoms with van der Waals surface area (Å²) < 4.78 is 10.7. The number of Topliss-reactive ketones (excluding diaryl/α,β-unsaturated/α-hetero) is 1. The Labute approximate surface area is 185 Å². The van der Waals surface area contributed by atoms with Crippen molar-refractivity contribution >= 4 is 23.0 Å². The van der Waals surface area contributed by atoms with Crippen molar-refractivity contribution in [3.8, 4) is 5.75 Å². The average Bonchev–Trinajstić information content (AvgIpc) is 3.22. The first-order valence-electron chi connectivity index (χ1n) is 9.94. The van der Waals surface area contributed by atoms with Gasteiger partial charge in [0.2, 0.25) is 5.78 Å². The van der Waals surface area contributed by atoms with Crippen molar-refractivity contribution in [2.24, 2.45) is 0 Å². The van der Waals surface area contributed by atoms with E-state index in [9.17, 15) is 14.7 Å². The van der Waals surface area contributed by atoms with E-state index in [0.29, 0.717) is 48.1 Å². The van der Waals surface area contributed by atoms with Gasteiger partial charge in [0.05, 0.1) is 27.2 Å². The van der Waals surface area contributed by atoms with Crippen LogP contribution in [0.2, 0.25) is 0 Å². The minimum absolute atomic E-state index is 0.0648. The zero-order valence-electron chi connectivity index (χ0n) is 17.9. The summed E-state index contributed by atoms with van der Waals surface area (Å²) in [7, 11) is 1.59. The van der Waals surface area contributed by atoms with Gasteiger partial charge in [-0.1, -0.05) is 24.8 Å². The summed E-state index contributed by atoms with van der Waals surface area (Å²) in [5, 5.41) is 11.5. The van der Waals surface area contributed by atoms with Gasteiger partial charge in [0, 0.05) is 20.3 Å². The van der Waals surface area contributed by atoms with Gasteiger partial charge in [-0.15, -0.1) is 11.3 Å². The van der Waals surface area contributed by atoms with Crippen LogP contribution >= 0.6 is 11.3 Å². The molecule has 1 aromatic heterocycles. The van der Waals surface area contributed by atoms with Crippen molar-refractivity contribution in [3.63, 3.8) is 0 Å². The number of hydrogen-bond acceptors (Lipinski definition) is 7. The Kier molecular flexibility index (Phi) is 7.25. The Hall–Kier alpha value is -2.97. The molecule has 1 aliphatic heterocycles. The van der Waals surface area contributed by atoms with Gasteiger partial charge in [-0.25, -0.2) is 4.98 Å². The number of aliphatic hydroxyl groups excluding tert-OH is 1. The molecule has 7 nitrogen and oxygen atoms in total. The summed E-state index contributed by atoms with van der Waals surface area (Å²) in [6, 6.07) is 6.46. The lowest BCUT2D eigenvalue weighted by Gasteiger charge is -2.27. The summed E-state index contributed by atoms with van der Waals surface area (Å²) in [5.41, 5.74) is 1.33. The highest BCUT2D eigenvalue weighted by molar-refractivity contribution is 7.14. The SMILES string of the molecule is C=CCOc1cccc(C2C(C(=O)c3sc(C)nc3C)=C(O)C(=O)N2CCCOC)c1. The molecule has 0 bridgehead atoms. The second-order valence-corrected chi connectivity index (χ2v) is 8.36. The van der Waals surface area contributed by atoms with E-state index in [-0.39, 0.29) is 11.4 Å². The van der Waals surface area contributed by atoms with Crippen LogP contribution < -0.4 is 4.74 Å². The fourth-order valence-corrected chi connectivity index (χ4v) is 4.51. The van der Waals surface area contributed by atoms with Gasteiger partial charge in [-0.05, 0) is 38.0 Å². The first-order chi connectivity index (χ1) is 14.9. The van der Waals surface area contributed by atoms with E-state index < -0.39 is 17.7 Å². The molecule has 31 heavy (non-hydrogen) atoms. The normalized spacial score (nSPS) is 16.2. The number of aromatic nitrogens is 1. The molecule has 1 atom stereocenters. The highest BCUT2D eigenvalue weighted by Gasteiger charge is 2.44. The van der Waals surface area contributed by atoms with E-state index >= 15 is 0 Å². The first kappa shape index (κ1) is 22.7. The van der Waals surface area contributed by atoms with Crippen LogP contribution in [0.25, 0.3) is 0 Å².